The maximum absolute atomic E-state index is 4.68. The number of aromatic nitrogens is 2. The number of nitrogens with one attached hydrogen (secondary N) is 1. The Morgan fingerprint density at radius 1 is 1.35 bits per heavy atom. The quantitative estimate of drug-likeness (QED) is 0.891. The van der Waals surface area contributed by atoms with Gasteiger partial charge in [0.1, 0.15) is 16.5 Å². The highest BCUT2D eigenvalue weighted by Gasteiger charge is 2.13. The fourth-order valence-corrected chi connectivity index (χ4v) is 2.65. The van der Waals surface area contributed by atoms with E-state index in [1.807, 2.05) is 0 Å². The molecule has 0 spiro atoms. The number of aryl methyl sites for hydroxylation is 1. The lowest BCUT2D eigenvalue weighted by Gasteiger charge is -2.10. The van der Waals surface area contributed by atoms with Crippen LogP contribution in [0.3, 0.4) is 0 Å². The van der Waals surface area contributed by atoms with E-state index < -0.39 is 0 Å². The highest BCUT2D eigenvalue weighted by Crippen LogP contribution is 2.30. The zero-order chi connectivity index (χ0) is 12.4. The molecule has 1 N–H and O–H groups in total. The van der Waals surface area contributed by atoms with Gasteiger partial charge in [0.25, 0.3) is 0 Å². The van der Waals surface area contributed by atoms with Gasteiger partial charge in [-0.05, 0) is 26.3 Å². The summed E-state index contributed by atoms with van der Waals surface area (Å²) in [6, 6.07) is 2.17. The molecule has 1 unspecified atom stereocenters. The van der Waals surface area contributed by atoms with Gasteiger partial charge < -0.3 is 5.32 Å². The summed E-state index contributed by atoms with van der Waals surface area (Å²) in [6.07, 6.45) is 1.07. The van der Waals surface area contributed by atoms with Crippen LogP contribution in [-0.4, -0.2) is 16.5 Å². The van der Waals surface area contributed by atoms with E-state index in [-0.39, 0.29) is 0 Å². The average molecular weight is 249 g/mol. The molecule has 3 nitrogen and oxygen atoms in total. The Morgan fingerprint density at radius 3 is 2.76 bits per heavy atom. The molecule has 0 saturated carbocycles. The lowest BCUT2D eigenvalue weighted by atomic mass is 10.1. The van der Waals surface area contributed by atoms with Crippen LogP contribution in [0.2, 0.25) is 0 Å². The van der Waals surface area contributed by atoms with Gasteiger partial charge in [-0.1, -0.05) is 13.8 Å². The van der Waals surface area contributed by atoms with E-state index in [1.165, 1.54) is 4.88 Å². The standard InChI is InChI=1S/C13H19N3S/c1-5-8(3)11-15-12(14-6-2)10-7-9(4)17-13(10)16-11/h7-8H,5-6H2,1-4H3,(H,14,15,16). The maximum Gasteiger partial charge on any atom is 0.138 e. The summed E-state index contributed by atoms with van der Waals surface area (Å²) < 4.78 is 0. The number of nitrogens with zero attached hydrogens (tertiary/aromatic N) is 2. The third-order valence-electron chi connectivity index (χ3n) is 2.93. The van der Waals surface area contributed by atoms with E-state index in [0.29, 0.717) is 5.92 Å². The molecule has 0 aromatic carbocycles. The zero-order valence-electron chi connectivity index (χ0n) is 10.9. The number of hydrogen-bond acceptors (Lipinski definition) is 4. The van der Waals surface area contributed by atoms with Crippen molar-refractivity contribution in [1.82, 2.24) is 9.97 Å². The first-order valence-corrected chi connectivity index (χ1v) is 6.99. The second-order valence-corrected chi connectivity index (χ2v) is 5.58. The summed E-state index contributed by atoms with van der Waals surface area (Å²) >= 11 is 1.74. The molecule has 0 bridgehead atoms. The number of hydrogen-bond donors (Lipinski definition) is 1. The van der Waals surface area contributed by atoms with Gasteiger partial charge in [0.05, 0.1) is 5.39 Å². The summed E-state index contributed by atoms with van der Waals surface area (Å²) in [6.45, 7) is 9.45. The molecule has 0 aliphatic carbocycles. The molecule has 1 atom stereocenters. The lowest BCUT2D eigenvalue weighted by molar-refractivity contribution is 0.684. The van der Waals surface area contributed by atoms with Crippen molar-refractivity contribution in [1.29, 1.82) is 0 Å². The number of fused-ring (bicyclic) bond motifs is 1. The number of anilines is 1. The summed E-state index contributed by atoms with van der Waals surface area (Å²) in [5, 5.41) is 4.49. The predicted octanol–water partition coefficient (Wildman–Crippen LogP) is 3.95. The Morgan fingerprint density at radius 2 is 2.12 bits per heavy atom. The summed E-state index contributed by atoms with van der Waals surface area (Å²) in [7, 11) is 0. The Bertz CT molecular complexity index is 519. The molecule has 0 fully saturated rings. The minimum Gasteiger partial charge on any atom is -0.370 e. The van der Waals surface area contributed by atoms with Crippen molar-refractivity contribution in [3.63, 3.8) is 0 Å². The van der Waals surface area contributed by atoms with Crippen LogP contribution in [0.4, 0.5) is 5.82 Å². The van der Waals surface area contributed by atoms with Crippen LogP contribution in [0.25, 0.3) is 10.2 Å². The smallest absolute Gasteiger partial charge is 0.138 e. The molecule has 17 heavy (non-hydrogen) atoms. The Hall–Kier alpha value is -1.16. The van der Waals surface area contributed by atoms with Gasteiger partial charge >= 0.3 is 0 Å². The van der Waals surface area contributed by atoms with E-state index in [1.54, 1.807) is 11.3 Å². The molecule has 0 aliphatic heterocycles. The molecule has 2 rings (SSSR count). The summed E-state index contributed by atoms with van der Waals surface area (Å²) in [5.41, 5.74) is 0. The Balaban J connectivity index is 2.57. The summed E-state index contributed by atoms with van der Waals surface area (Å²) in [5.74, 6) is 2.36. The predicted molar refractivity (Wildman–Crippen MR) is 75.0 cm³/mol. The van der Waals surface area contributed by atoms with E-state index in [0.717, 1.165) is 34.8 Å². The van der Waals surface area contributed by atoms with E-state index >= 15 is 0 Å². The van der Waals surface area contributed by atoms with Crippen molar-refractivity contribution in [3.8, 4) is 0 Å². The molecule has 2 aromatic heterocycles. The summed E-state index contributed by atoms with van der Waals surface area (Å²) in [4.78, 5) is 11.7. The zero-order valence-corrected chi connectivity index (χ0v) is 11.7. The van der Waals surface area contributed by atoms with Crippen LogP contribution in [0.1, 0.15) is 43.8 Å². The van der Waals surface area contributed by atoms with Gasteiger partial charge in [0.15, 0.2) is 0 Å². The molecular formula is C13H19N3S. The SMILES string of the molecule is CCNc1nc(C(C)CC)nc2sc(C)cc12. The van der Waals surface area contributed by atoms with Crippen molar-refractivity contribution in [3.05, 3.63) is 16.8 Å². The molecule has 0 radical (unpaired) electrons. The van der Waals surface area contributed by atoms with E-state index in [4.69, 9.17) is 0 Å². The maximum atomic E-state index is 4.68. The van der Waals surface area contributed by atoms with Gasteiger partial charge in [-0.2, -0.15) is 0 Å². The third-order valence-corrected chi connectivity index (χ3v) is 3.87. The second-order valence-electron chi connectivity index (χ2n) is 4.35. The highest BCUT2D eigenvalue weighted by atomic mass is 32.1. The van der Waals surface area contributed by atoms with Gasteiger partial charge in [-0.25, -0.2) is 9.97 Å². The van der Waals surface area contributed by atoms with Gasteiger partial charge in [0, 0.05) is 17.3 Å². The molecule has 2 heterocycles. The van der Waals surface area contributed by atoms with Gasteiger partial charge in [-0.3, -0.25) is 0 Å². The van der Waals surface area contributed by atoms with Crippen molar-refractivity contribution in [2.45, 2.75) is 40.0 Å². The van der Waals surface area contributed by atoms with Crippen LogP contribution in [0, 0.1) is 6.92 Å². The van der Waals surface area contributed by atoms with Crippen LogP contribution in [-0.2, 0) is 0 Å². The lowest BCUT2D eigenvalue weighted by Crippen LogP contribution is -2.05. The Labute approximate surface area is 106 Å². The van der Waals surface area contributed by atoms with Crippen LogP contribution < -0.4 is 5.32 Å². The van der Waals surface area contributed by atoms with Crippen molar-refractivity contribution in [2.75, 3.05) is 11.9 Å². The molecule has 0 amide bonds. The highest BCUT2D eigenvalue weighted by molar-refractivity contribution is 7.18. The topological polar surface area (TPSA) is 37.8 Å². The van der Waals surface area contributed by atoms with Crippen molar-refractivity contribution < 1.29 is 0 Å². The van der Waals surface area contributed by atoms with Gasteiger partial charge in [0.2, 0.25) is 0 Å². The normalized spacial score (nSPS) is 12.9. The Kier molecular flexibility index (Phi) is 3.62. The molecule has 2 aromatic rings. The molecular weight excluding hydrogens is 230 g/mol. The van der Waals surface area contributed by atoms with E-state index in [2.05, 4.69) is 49.0 Å². The first kappa shape index (κ1) is 12.3. The first-order chi connectivity index (χ1) is 8.15. The molecule has 92 valence electrons. The fraction of sp³-hybridized carbons (Fsp3) is 0.538. The molecule has 0 aliphatic rings. The molecule has 4 heteroatoms. The minimum absolute atomic E-state index is 0.416. The van der Waals surface area contributed by atoms with Crippen molar-refractivity contribution >= 4 is 27.4 Å². The van der Waals surface area contributed by atoms with Gasteiger partial charge in [-0.15, -0.1) is 11.3 Å². The number of rotatable bonds is 4. The van der Waals surface area contributed by atoms with Crippen LogP contribution in [0.5, 0.6) is 0 Å². The fourth-order valence-electron chi connectivity index (χ4n) is 1.76. The third kappa shape index (κ3) is 2.41. The van der Waals surface area contributed by atoms with E-state index in [9.17, 15) is 0 Å². The minimum atomic E-state index is 0.416. The largest absolute Gasteiger partial charge is 0.370 e. The first-order valence-electron chi connectivity index (χ1n) is 6.17. The number of thiophene rings is 1. The monoisotopic (exact) mass is 249 g/mol. The van der Waals surface area contributed by atoms with Crippen LogP contribution >= 0.6 is 11.3 Å². The average Bonchev–Trinajstić information content (AvgIpc) is 2.69. The van der Waals surface area contributed by atoms with Crippen LogP contribution in [0.15, 0.2) is 6.07 Å². The van der Waals surface area contributed by atoms with Crippen molar-refractivity contribution in [2.24, 2.45) is 0 Å². The molecule has 0 saturated heterocycles. The second kappa shape index (κ2) is 5.00.